The molecule has 0 fully saturated rings. The fourth-order valence-corrected chi connectivity index (χ4v) is 5.01. The zero-order valence-electron chi connectivity index (χ0n) is 16.5. The molecular weight excluding hydrogens is 388 g/mol. The number of nitrogens with zero attached hydrogens (tertiary/aromatic N) is 4. The summed E-state index contributed by atoms with van der Waals surface area (Å²) in [5, 5.41) is 6.53. The Bertz CT molecular complexity index is 1200. The molecule has 0 saturated heterocycles. The minimum absolute atomic E-state index is 0.206. The van der Waals surface area contributed by atoms with Crippen molar-refractivity contribution in [2.24, 2.45) is 7.05 Å². The number of aryl methyl sites for hydroxylation is 1. The summed E-state index contributed by atoms with van der Waals surface area (Å²) in [6, 6.07) is 15.2. The third kappa shape index (κ3) is 3.23. The van der Waals surface area contributed by atoms with Gasteiger partial charge in [0.15, 0.2) is 5.82 Å². The molecule has 1 aliphatic heterocycles. The number of hydrogen-bond acceptors (Lipinski definition) is 5. The maximum Gasteiger partial charge on any atom is 0.250 e. The number of aromatic nitrogens is 3. The number of sulfone groups is 1. The van der Waals surface area contributed by atoms with Crippen LogP contribution in [0.1, 0.15) is 18.1 Å². The van der Waals surface area contributed by atoms with E-state index < -0.39 is 21.0 Å². The van der Waals surface area contributed by atoms with Crippen molar-refractivity contribution in [1.29, 1.82) is 0 Å². The van der Waals surface area contributed by atoms with E-state index in [1.807, 2.05) is 55.5 Å². The molecule has 1 aromatic heterocycles. The van der Waals surface area contributed by atoms with Gasteiger partial charge in [0, 0.05) is 24.8 Å². The van der Waals surface area contributed by atoms with Crippen LogP contribution in [-0.4, -0.2) is 40.9 Å². The van der Waals surface area contributed by atoms with E-state index in [9.17, 15) is 13.2 Å². The summed E-state index contributed by atoms with van der Waals surface area (Å²) in [6.45, 7) is 3.84. The first kappa shape index (κ1) is 19.3. The monoisotopic (exact) mass is 410 g/mol. The third-order valence-electron chi connectivity index (χ3n) is 5.33. The van der Waals surface area contributed by atoms with E-state index in [1.165, 1.54) is 11.5 Å². The minimum atomic E-state index is -4.01. The van der Waals surface area contributed by atoms with Crippen LogP contribution in [-0.2, 0) is 28.1 Å². The second kappa shape index (κ2) is 7.11. The number of carbonyl (C=O) groups excluding carboxylic acids is 1. The summed E-state index contributed by atoms with van der Waals surface area (Å²) in [7, 11) is -2.40. The van der Waals surface area contributed by atoms with Crippen LogP contribution in [0.25, 0.3) is 11.4 Å². The van der Waals surface area contributed by atoms with E-state index >= 15 is 0 Å². The molecule has 2 heterocycles. The lowest BCUT2D eigenvalue weighted by Crippen LogP contribution is -2.41. The molecule has 3 aromatic rings. The molecule has 1 atom stereocenters. The van der Waals surface area contributed by atoms with Crippen LogP contribution in [0.3, 0.4) is 0 Å². The zero-order valence-corrected chi connectivity index (χ0v) is 17.3. The Hall–Kier alpha value is -3.00. The third-order valence-corrected chi connectivity index (χ3v) is 7.33. The molecule has 0 bridgehead atoms. The standard InChI is InChI=1S/C21H22N4O3S/c1-14-7-6-9-17(13-14)19-22-23-21(24(19)3)29(27,28)15(2)20(26)25-12-11-16-8-4-5-10-18(16)25/h4-10,13,15H,11-12H2,1-3H3. The fraction of sp³-hybridized carbons (Fsp3) is 0.286. The first-order valence-corrected chi connectivity index (χ1v) is 10.9. The number of para-hydroxylation sites is 1. The summed E-state index contributed by atoms with van der Waals surface area (Å²) in [4.78, 5) is 14.6. The Balaban J connectivity index is 1.66. The van der Waals surface area contributed by atoms with Gasteiger partial charge in [-0.2, -0.15) is 0 Å². The average Bonchev–Trinajstić information content (AvgIpc) is 3.30. The second-order valence-electron chi connectivity index (χ2n) is 7.29. The fourth-order valence-electron chi connectivity index (χ4n) is 3.68. The first-order chi connectivity index (χ1) is 13.8. The van der Waals surface area contributed by atoms with E-state index in [-0.39, 0.29) is 5.16 Å². The molecule has 2 aromatic carbocycles. The highest BCUT2D eigenvalue weighted by Crippen LogP contribution is 2.30. The summed E-state index contributed by atoms with van der Waals surface area (Å²) in [6.07, 6.45) is 0.718. The number of hydrogen-bond donors (Lipinski definition) is 0. The number of anilines is 1. The van der Waals surface area contributed by atoms with Gasteiger partial charge in [-0.05, 0) is 38.0 Å². The summed E-state index contributed by atoms with van der Waals surface area (Å²) in [5.41, 5.74) is 3.63. The van der Waals surface area contributed by atoms with Crippen molar-refractivity contribution in [2.75, 3.05) is 11.4 Å². The molecule has 0 aliphatic carbocycles. The van der Waals surface area contributed by atoms with E-state index in [2.05, 4.69) is 10.2 Å². The van der Waals surface area contributed by atoms with Gasteiger partial charge in [0.25, 0.3) is 5.16 Å². The van der Waals surface area contributed by atoms with Gasteiger partial charge in [0.2, 0.25) is 15.7 Å². The lowest BCUT2D eigenvalue weighted by atomic mass is 10.1. The van der Waals surface area contributed by atoms with Crippen LogP contribution in [0, 0.1) is 6.92 Å². The molecule has 1 unspecified atom stereocenters. The Kier molecular flexibility index (Phi) is 4.74. The van der Waals surface area contributed by atoms with E-state index in [1.54, 1.807) is 11.9 Å². The molecule has 1 aliphatic rings. The molecule has 0 spiro atoms. The second-order valence-corrected chi connectivity index (χ2v) is 9.45. The van der Waals surface area contributed by atoms with Gasteiger partial charge in [-0.15, -0.1) is 10.2 Å². The number of fused-ring (bicyclic) bond motifs is 1. The van der Waals surface area contributed by atoms with Gasteiger partial charge < -0.3 is 9.47 Å². The minimum Gasteiger partial charge on any atom is -0.311 e. The van der Waals surface area contributed by atoms with Crippen LogP contribution < -0.4 is 4.90 Å². The van der Waals surface area contributed by atoms with Crippen LogP contribution in [0.5, 0.6) is 0 Å². The first-order valence-electron chi connectivity index (χ1n) is 9.40. The highest BCUT2D eigenvalue weighted by molar-refractivity contribution is 7.92. The van der Waals surface area contributed by atoms with Gasteiger partial charge in [-0.25, -0.2) is 8.42 Å². The number of carbonyl (C=O) groups is 1. The predicted molar refractivity (Wildman–Crippen MR) is 110 cm³/mol. The van der Waals surface area contributed by atoms with Crippen LogP contribution in [0.4, 0.5) is 5.69 Å². The molecule has 1 amide bonds. The van der Waals surface area contributed by atoms with Crippen molar-refractivity contribution in [1.82, 2.24) is 14.8 Å². The van der Waals surface area contributed by atoms with Gasteiger partial charge >= 0.3 is 0 Å². The Morgan fingerprint density at radius 1 is 1.10 bits per heavy atom. The molecule has 29 heavy (non-hydrogen) atoms. The topological polar surface area (TPSA) is 85.2 Å². The van der Waals surface area contributed by atoms with E-state index in [0.717, 1.165) is 28.8 Å². The number of amides is 1. The highest BCUT2D eigenvalue weighted by Gasteiger charge is 2.38. The van der Waals surface area contributed by atoms with Crippen molar-refractivity contribution in [3.8, 4) is 11.4 Å². The van der Waals surface area contributed by atoms with Gasteiger partial charge in [0.1, 0.15) is 5.25 Å². The predicted octanol–water partition coefficient (Wildman–Crippen LogP) is 2.54. The van der Waals surface area contributed by atoms with Crippen LogP contribution in [0.15, 0.2) is 53.7 Å². The Morgan fingerprint density at radius 2 is 1.86 bits per heavy atom. The molecule has 0 radical (unpaired) electrons. The quantitative estimate of drug-likeness (QED) is 0.660. The molecule has 8 heteroatoms. The Morgan fingerprint density at radius 3 is 2.62 bits per heavy atom. The lowest BCUT2D eigenvalue weighted by Gasteiger charge is -2.21. The smallest absolute Gasteiger partial charge is 0.250 e. The molecule has 7 nitrogen and oxygen atoms in total. The van der Waals surface area contributed by atoms with Crippen LogP contribution in [0.2, 0.25) is 0 Å². The van der Waals surface area contributed by atoms with Crippen molar-refractivity contribution < 1.29 is 13.2 Å². The maximum atomic E-state index is 13.2. The molecule has 0 saturated carbocycles. The largest absolute Gasteiger partial charge is 0.311 e. The Labute approximate surface area is 169 Å². The van der Waals surface area contributed by atoms with Gasteiger partial charge in [0.05, 0.1) is 0 Å². The highest BCUT2D eigenvalue weighted by atomic mass is 32.2. The van der Waals surface area contributed by atoms with Crippen molar-refractivity contribution >= 4 is 21.4 Å². The van der Waals surface area contributed by atoms with E-state index in [4.69, 9.17) is 0 Å². The zero-order chi connectivity index (χ0) is 20.8. The number of rotatable bonds is 4. The van der Waals surface area contributed by atoms with Gasteiger partial charge in [-0.3, -0.25) is 4.79 Å². The summed E-state index contributed by atoms with van der Waals surface area (Å²) >= 11 is 0. The SMILES string of the molecule is Cc1cccc(-c2nnc(S(=O)(=O)C(C)C(=O)N3CCc4ccccc43)n2C)c1. The average molecular weight is 410 g/mol. The van der Waals surface area contributed by atoms with E-state index in [0.29, 0.717) is 12.4 Å². The normalized spacial score (nSPS) is 14.7. The molecule has 0 N–H and O–H groups in total. The van der Waals surface area contributed by atoms with Crippen molar-refractivity contribution in [3.63, 3.8) is 0 Å². The summed E-state index contributed by atoms with van der Waals surface area (Å²) < 4.78 is 27.8. The van der Waals surface area contributed by atoms with Crippen molar-refractivity contribution in [2.45, 2.75) is 30.7 Å². The maximum absolute atomic E-state index is 13.2. The van der Waals surface area contributed by atoms with Crippen molar-refractivity contribution in [3.05, 3.63) is 59.7 Å². The molecule has 150 valence electrons. The molecular formula is C21H22N4O3S. The molecule has 4 rings (SSSR count). The lowest BCUT2D eigenvalue weighted by molar-refractivity contribution is -0.117. The van der Waals surface area contributed by atoms with Gasteiger partial charge in [-0.1, -0.05) is 42.0 Å². The summed E-state index contributed by atoms with van der Waals surface area (Å²) in [5.74, 6) is -0.00602. The van der Waals surface area contributed by atoms with Crippen LogP contribution >= 0.6 is 0 Å². The number of benzene rings is 2.